The van der Waals surface area contributed by atoms with Gasteiger partial charge in [0.05, 0.1) is 0 Å². The maximum atomic E-state index is 11.0. The third-order valence-electron chi connectivity index (χ3n) is 3.57. The number of aliphatic hydroxyl groups is 1. The van der Waals surface area contributed by atoms with Crippen LogP contribution in [0.4, 0.5) is 5.69 Å². The second-order valence-corrected chi connectivity index (χ2v) is 5.86. The summed E-state index contributed by atoms with van der Waals surface area (Å²) in [7, 11) is 0. The minimum atomic E-state index is -0.699. The fraction of sp³-hybridized carbons (Fsp3) is 0.316. The molecule has 0 radical (unpaired) electrons. The van der Waals surface area contributed by atoms with Gasteiger partial charge in [0.15, 0.2) is 6.23 Å². The standard InChI is InChI=1S/C19H24N2O4/c1-13(22)19(20-12-11-15-3-7-17(24)8-4-15)25-18-9-5-16(6-10-18)21-14(2)23/h3-10,13,19-20,22,24H,11-12H2,1-2H3,(H,21,23). The zero-order valence-electron chi connectivity index (χ0n) is 14.4. The summed E-state index contributed by atoms with van der Waals surface area (Å²) in [5.41, 5.74) is 1.77. The van der Waals surface area contributed by atoms with Crippen LogP contribution < -0.4 is 15.4 Å². The topological polar surface area (TPSA) is 90.8 Å². The Labute approximate surface area is 147 Å². The second kappa shape index (κ2) is 9.05. The van der Waals surface area contributed by atoms with Gasteiger partial charge in [-0.15, -0.1) is 0 Å². The van der Waals surface area contributed by atoms with Crippen molar-refractivity contribution in [1.29, 1.82) is 0 Å². The summed E-state index contributed by atoms with van der Waals surface area (Å²) < 4.78 is 5.78. The summed E-state index contributed by atoms with van der Waals surface area (Å²) in [6.07, 6.45) is -0.507. The van der Waals surface area contributed by atoms with Crippen LogP contribution >= 0.6 is 0 Å². The number of nitrogens with one attached hydrogen (secondary N) is 2. The van der Waals surface area contributed by atoms with E-state index in [1.54, 1.807) is 43.3 Å². The number of benzene rings is 2. The quantitative estimate of drug-likeness (QED) is 0.552. The van der Waals surface area contributed by atoms with Crippen LogP contribution in [0.1, 0.15) is 19.4 Å². The molecular formula is C19H24N2O4. The number of phenolic OH excluding ortho intramolecular Hbond substituents is 1. The molecule has 2 aromatic rings. The van der Waals surface area contributed by atoms with Crippen molar-refractivity contribution in [1.82, 2.24) is 5.32 Å². The van der Waals surface area contributed by atoms with Crippen molar-refractivity contribution in [2.75, 3.05) is 11.9 Å². The molecule has 0 aromatic heterocycles. The lowest BCUT2D eigenvalue weighted by Gasteiger charge is -2.23. The minimum Gasteiger partial charge on any atom is -0.508 e. The van der Waals surface area contributed by atoms with Crippen molar-refractivity contribution in [2.45, 2.75) is 32.6 Å². The molecule has 0 aliphatic heterocycles. The highest BCUT2D eigenvalue weighted by Gasteiger charge is 2.16. The van der Waals surface area contributed by atoms with Gasteiger partial charge >= 0.3 is 0 Å². The second-order valence-electron chi connectivity index (χ2n) is 5.86. The number of rotatable bonds is 8. The van der Waals surface area contributed by atoms with E-state index >= 15 is 0 Å². The molecule has 0 heterocycles. The average molecular weight is 344 g/mol. The lowest BCUT2D eigenvalue weighted by molar-refractivity contribution is -0.114. The molecule has 0 saturated carbocycles. The zero-order chi connectivity index (χ0) is 18.2. The Morgan fingerprint density at radius 3 is 2.32 bits per heavy atom. The Morgan fingerprint density at radius 2 is 1.76 bits per heavy atom. The molecule has 2 rings (SSSR count). The SMILES string of the molecule is CC(=O)Nc1ccc(OC(NCCc2ccc(O)cc2)C(C)O)cc1. The first kappa shape index (κ1) is 18.8. The number of amides is 1. The lowest BCUT2D eigenvalue weighted by Crippen LogP contribution is -2.43. The number of aromatic hydroxyl groups is 1. The van der Waals surface area contributed by atoms with E-state index in [0.717, 1.165) is 12.0 Å². The van der Waals surface area contributed by atoms with Gasteiger partial charge in [0, 0.05) is 19.2 Å². The van der Waals surface area contributed by atoms with Crippen molar-refractivity contribution >= 4 is 11.6 Å². The maximum absolute atomic E-state index is 11.0. The first-order chi connectivity index (χ1) is 11.9. The normalized spacial score (nSPS) is 13.1. The molecule has 134 valence electrons. The highest BCUT2D eigenvalue weighted by Crippen LogP contribution is 2.17. The molecule has 0 saturated heterocycles. The van der Waals surface area contributed by atoms with E-state index in [4.69, 9.17) is 4.74 Å². The first-order valence-electron chi connectivity index (χ1n) is 8.17. The third-order valence-corrected chi connectivity index (χ3v) is 3.57. The minimum absolute atomic E-state index is 0.133. The largest absolute Gasteiger partial charge is 0.508 e. The summed E-state index contributed by atoms with van der Waals surface area (Å²) in [5.74, 6) is 0.702. The van der Waals surface area contributed by atoms with E-state index in [-0.39, 0.29) is 11.7 Å². The van der Waals surface area contributed by atoms with Gasteiger partial charge in [-0.05, 0) is 55.3 Å². The van der Waals surface area contributed by atoms with E-state index in [1.165, 1.54) is 6.92 Å². The number of anilines is 1. The number of ether oxygens (including phenoxy) is 1. The van der Waals surface area contributed by atoms with Crippen molar-refractivity contribution in [3.05, 3.63) is 54.1 Å². The van der Waals surface area contributed by atoms with E-state index in [9.17, 15) is 15.0 Å². The van der Waals surface area contributed by atoms with Crippen molar-refractivity contribution < 1.29 is 19.7 Å². The molecule has 6 nitrogen and oxygen atoms in total. The molecule has 2 unspecified atom stereocenters. The summed E-state index contributed by atoms with van der Waals surface area (Å²) in [5, 5.41) is 25.0. The van der Waals surface area contributed by atoms with Gasteiger partial charge in [0.2, 0.25) is 5.91 Å². The molecule has 0 bridgehead atoms. The Hall–Kier alpha value is -2.57. The monoisotopic (exact) mass is 344 g/mol. The van der Waals surface area contributed by atoms with Crippen LogP contribution in [0.5, 0.6) is 11.5 Å². The maximum Gasteiger partial charge on any atom is 0.221 e. The van der Waals surface area contributed by atoms with Gasteiger partial charge in [-0.2, -0.15) is 0 Å². The Kier molecular flexibility index (Phi) is 6.80. The van der Waals surface area contributed by atoms with E-state index in [0.29, 0.717) is 18.0 Å². The van der Waals surface area contributed by atoms with Crippen LogP contribution in [-0.4, -0.2) is 35.0 Å². The summed E-state index contributed by atoms with van der Waals surface area (Å²) in [6, 6.07) is 14.0. The molecular weight excluding hydrogens is 320 g/mol. The first-order valence-corrected chi connectivity index (χ1v) is 8.17. The number of hydrogen-bond donors (Lipinski definition) is 4. The van der Waals surface area contributed by atoms with Crippen LogP contribution in [-0.2, 0) is 11.2 Å². The number of hydrogen-bond acceptors (Lipinski definition) is 5. The molecule has 6 heteroatoms. The Balaban J connectivity index is 1.87. The predicted octanol–water partition coefficient (Wildman–Crippen LogP) is 2.27. The van der Waals surface area contributed by atoms with E-state index < -0.39 is 12.3 Å². The van der Waals surface area contributed by atoms with Crippen LogP contribution in [0.25, 0.3) is 0 Å². The fourth-order valence-corrected chi connectivity index (χ4v) is 2.30. The van der Waals surface area contributed by atoms with Gasteiger partial charge in [-0.1, -0.05) is 12.1 Å². The highest BCUT2D eigenvalue weighted by molar-refractivity contribution is 5.88. The van der Waals surface area contributed by atoms with E-state index in [2.05, 4.69) is 10.6 Å². The van der Waals surface area contributed by atoms with Crippen LogP contribution in [0, 0.1) is 0 Å². The van der Waals surface area contributed by atoms with Gasteiger partial charge in [0.1, 0.15) is 17.6 Å². The molecule has 0 fully saturated rings. The summed E-state index contributed by atoms with van der Waals surface area (Å²) in [4.78, 5) is 11.0. The molecule has 1 amide bonds. The molecule has 0 aliphatic carbocycles. The molecule has 0 aliphatic rings. The Morgan fingerprint density at radius 1 is 1.12 bits per heavy atom. The van der Waals surface area contributed by atoms with Gasteiger partial charge in [-0.3, -0.25) is 10.1 Å². The van der Waals surface area contributed by atoms with Crippen molar-refractivity contribution in [3.63, 3.8) is 0 Å². The zero-order valence-corrected chi connectivity index (χ0v) is 14.4. The molecule has 2 atom stereocenters. The third kappa shape index (κ3) is 6.45. The average Bonchev–Trinajstić information content (AvgIpc) is 2.56. The predicted molar refractivity (Wildman–Crippen MR) is 96.7 cm³/mol. The molecule has 25 heavy (non-hydrogen) atoms. The van der Waals surface area contributed by atoms with E-state index in [1.807, 2.05) is 12.1 Å². The molecule has 0 spiro atoms. The summed E-state index contributed by atoms with van der Waals surface area (Å²) >= 11 is 0. The van der Waals surface area contributed by atoms with Crippen LogP contribution in [0.15, 0.2) is 48.5 Å². The number of carbonyl (C=O) groups is 1. The van der Waals surface area contributed by atoms with Gasteiger partial charge in [0.25, 0.3) is 0 Å². The number of carbonyl (C=O) groups excluding carboxylic acids is 1. The van der Waals surface area contributed by atoms with Crippen LogP contribution in [0.2, 0.25) is 0 Å². The Bertz CT molecular complexity index is 669. The fourth-order valence-electron chi connectivity index (χ4n) is 2.30. The highest BCUT2D eigenvalue weighted by atomic mass is 16.5. The van der Waals surface area contributed by atoms with Gasteiger partial charge < -0.3 is 20.3 Å². The molecule has 4 N–H and O–H groups in total. The lowest BCUT2D eigenvalue weighted by atomic mass is 10.1. The smallest absolute Gasteiger partial charge is 0.221 e. The van der Waals surface area contributed by atoms with Crippen molar-refractivity contribution in [2.24, 2.45) is 0 Å². The summed E-state index contributed by atoms with van der Waals surface area (Å²) in [6.45, 7) is 3.72. The number of aliphatic hydroxyl groups excluding tert-OH is 1. The van der Waals surface area contributed by atoms with Crippen molar-refractivity contribution in [3.8, 4) is 11.5 Å². The van der Waals surface area contributed by atoms with Crippen LogP contribution in [0.3, 0.4) is 0 Å². The number of phenols is 1. The van der Waals surface area contributed by atoms with Gasteiger partial charge in [-0.25, -0.2) is 0 Å². The molecule has 2 aromatic carbocycles.